The molecule has 2 saturated heterocycles. The van der Waals surface area contributed by atoms with Crippen LogP contribution in [0.5, 0.6) is 5.75 Å². The average molecular weight is 333 g/mol. The summed E-state index contributed by atoms with van der Waals surface area (Å²) >= 11 is 0. The summed E-state index contributed by atoms with van der Waals surface area (Å²) in [6.45, 7) is -0.0114. The summed E-state index contributed by atoms with van der Waals surface area (Å²) in [5, 5.41) is 9.64. The highest BCUT2D eigenvalue weighted by Crippen LogP contribution is 2.36. The summed E-state index contributed by atoms with van der Waals surface area (Å²) in [7, 11) is 2.13. The molecule has 1 aromatic carbocycles. The predicted octanol–water partition coefficient (Wildman–Crippen LogP) is 1.47. The highest BCUT2D eigenvalue weighted by Gasteiger charge is 2.40. The first-order valence-corrected chi connectivity index (χ1v) is 8.36. The zero-order valence-electron chi connectivity index (χ0n) is 13.8. The number of hydrogen-bond donors (Lipinski definition) is 1. The largest absolute Gasteiger partial charge is 0.462 e. The number of nitrogens with zero attached hydrogens (tertiary/aromatic N) is 1. The second-order valence-corrected chi connectivity index (χ2v) is 6.60. The number of ether oxygens (including phenoxy) is 2. The van der Waals surface area contributed by atoms with Crippen molar-refractivity contribution in [1.82, 2.24) is 4.90 Å². The standard InChI is InChI=1S/C18H23NO5/c1-19-13-5-6-14(19)9-16(8-13)24-18(22)17(10-20)12-3-2-4-15(7-12)23-11-21/h2-4,7,11,13-14,16-17,20H,5-6,8-10H2,1H3/t13-,14+,16?,17?. The normalized spacial score (nSPS) is 27.5. The Hall–Kier alpha value is -1.92. The van der Waals surface area contributed by atoms with Crippen LogP contribution in [0.3, 0.4) is 0 Å². The Labute approximate surface area is 141 Å². The van der Waals surface area contributed by atoms with E-state index in [0.717, 1.165) is 25.7 Å². The smallest absolute Gasteiger partial charge is 0.316 e. The van der Waals surface area contributed by atoms with E-state index >= 15 is 0 Å². The van der Waals surface area contributed by atoms with Gasteiger partial charge in [0.2, 0.25) is 0 Å². The Balaban J connectivity index is 1.66. The minimum absolute atomic E-state index is 0.0883. The summed E-state index contributed by atoms with van der Waals surface area (Å²) in [4.78, 5) is 25.4. The van der Waals surface area contributed by atoms with Crippen LogP contribution >= 0.6 is 0 Å². The molecule has 6 heteroatoms. The number of benzene rings is 1. The third-order valence-electron chi connectivity index (χ3n) is 5.25. The maximum Gasteiger partial charge on any atom is 0.316 e. The second-order valence-electron chi connectivity index (χ2n) is 6.60. The van der Waals surface area contributed by atoms with E-state index in [1.54, 1.807) is 24.3 Å². The fraction of sp³-hybridized carbons (Fsp3) is 0.556. The van der Waals surface area contributed by atoms with Crippen molar-refractivity contribution in [3.63, 3.8) is 0 Å². The molecule has 1 aromatic rings. The van der Waals surface area contributed by atoms with Crippen molar-refractivity contribution >= 4 is 12.4 Å². The average Bonchev–Trinajstić information content (AvgIpc) is 2.78. The van der Waals surface area contributed by atoms with Crippen LogP contribution in [-0.2, 0) is 14.3 Å². The molecule has 2 aliphatic heterocycles. The van der Waals surface area contributed by atoms with Gasteiger partial charge in [0.25, 0.3) is 6.47 Å². The minimum atomic E-state index is -0.766. The third-order valence-corrected chi connectivity index (χ3v) is 5.25. The maximum atomic E-state index is 12.5. The van der Waals surface area contributed by atoms with Crippen LogP contribution in [0.25, 0.3) is 0 Å². The van der Waals surface area contributed by atoms with Crippen LogP contribution < -0.4 is 4.74 Å². The Morgan fingerprint density at radius 1 is 1.38 bits per heavy atom. The van der Waals surface area contributed by atoms with Gasteiger partial charge in [0, 0.05) is 12.1 Å². The lowest BCUT2D eigenvalue weighted by atomic mass is 9.98. The molecule has 0 amide bonds. The van der Waals surface area contributed by atoms with E-state index in [2.05, 4.69) is 11.9 Å². The lowest BCUT2D eigenvalue weighted by Gasteiger charge is -2.36. The summed E-state index contributed by atoms with van der Waals surface area (Å²) in [5.41, 5.74) is 0.581. The number of esters is 1. The quantitative estimate of drug-likeness (QED) is 0.627. The topological polar surface area (TPSA) is 76.1 Å². The number of fused-ring (bicyclic) bond motifs is 2. The Kier molecular flexibility index (Phi) is 5.16. The molecule has 0 spiro atoms. The van der Waals surface area contributed by atoms with E-state index < -0.39 is 11.9 Å². The highest BCUT2D eigenvalue weighted by atomic mass is 16.5. The third kappa shape index (κ3) is 3.44. The maximum absolute atomic E-state index is 12.5. The number of hydrogen-bond acceptors (Lipinski definition) is 6. The number of piperidine rings is 1. The fourth-order valence-corrected chi connectivity index (χ4v) is 3.88. The zero-order valence-corrected chi connectivity index (χ0v) is 13.8. The molecule has 0 aliphatic carbocycles. The van der Waals surface area contributed by atoms with E-state index in [1.807, 2.05) is 0 Å². The molecule has 0 aromatic heterocycles. The zero-order chi connectivity index (χ0) is 17.1. The first-order chi connectivity index (χ1) is 11.6. The minimum Gasteiger partial charge on any atom is -0.462 e. The van der Waals surface area contributed by atoms with Gasteiger partial charge in [-0.1, -0.05) is 12.1 Å². The number of carbonyl (C=O) groups excluding carboxylic acids is 2. The molecule has 4 atom stereocenters. The van der Waals surface area contributed by atoms with Crippen molar-refractivity contribution in [3.05, 3.63) is 29.8 Å². The van der Waals surface area contributed by atoms with Gasteiger partial charge in [-0.25, -0.2) is 0 Å². The van der Waals surface area contributed by atoms with E-state index in [-0.39, 0.29) is 12.7 Å². The predicted molar refractivity (Wildman–Crippen MR) is 86.6 cm³/mol. The molecule has 2 fully saturated rings. The van der Waals surface area contributed by atoms with Crippen LogP contribution in [0.15, 0.2) is 24.3 Å². The summed E-state index contributed by atoms with van der Waals surface area (Å²) < 4.78 is 10.5. The Morgan fingerprint density at radius 3 is 2.71 bits per heavy atom. The van der Waals surface area contributed by atoms with Crippen LogP contribution in [-0.4, -0.2) is 54.3 Å². The van der Waals surface area contributed by atoms with Crippen molar-refractivity contribution in [2.75, 3.05) is 13.7 Å². The number of aliphatic hydroxyl groups is 1. The van der Waals surface area contributed by atoms with Gasteiger partial charge in [-0.2, -0.15) is 0 Å². The molecule has 2 unspecified atom stereocenters. The monoisotopic (exact) mass is 333 g/mol. The number of aliphatic hydroxyl groups excluding tert-OH is 1. The summed E-state index contributed by atoms with van der Waals surface area (Å²) in [6.07, 6.45) is 3.93. The highest BCUT2D eigenvalue weighted by molar-refractivity contribution is 5.78. The van der Waals surface area contributed by atoms with Gasteiger partial charge in [0.15, 0.2) is 0 Å². The van der Waals surface area contributed by atoms with Crippen LogP contribution in [0.2, 0.25) is 0 Å². The van der Waals surface area contributed by atoms with Gasteiger partial charge in [-0.3, -0.25) is 9.59 Å². The molecule has 24 heavy (non-hydrogen) atoms. The molecule has 0 saturated carbocycles. The number of carbonyl (C=O) groups is 2. The van der Waals surface area contributed by atoms with Crippen molar-refractivity contribution in [2.24, 2.45) is 0 Å². The van der Waals surface area contributed by atoms with Crippen LogP contribution in [0.1, 0.15) is 37.2 Å². The van der Waals surface area contributed by atoms with Gasteiger partial charge < -0.3 is 19.5 Å². The Morgan fingerprint density at radius 2 is 2.08 bits per heavy atom. The summed E-state index contributed by atoms with van der Waals surface area (Å²) in [5.74, 6) is -0.849. The molecule has 130 valence electrons. The second kappa shape index (κ2) is 7.32. The van der Waals surface area contributed by atoms with E-state index in [0.29, 0.717) is 29.9 Å². The van der Waals surface area contributed by atoms with Gasteiger partial charge in [0.1, 0.15) is 17.8 Å². The molecular weight excluding hydrogens is 310 g/mol. The lowest BCUT2D eigenvalue weighted by Crippen LogP contribution is -2.43. The van der Waals surface area contributed by atoms with Crippen LogP contribution in [0.4, 0.5) is 0 Å². The molecule has 2 bridgehead atoms. The molecule has 2 aliphatic rings. The van der Waals surface area contributed by atoms with Crippen LogP contribution in [0, 0.1) is 0 Å². The van der Waals surface area contributed by atoms with E-state index in [4.69, 9.17) is 9.47 Å². The van der Waals surface area contributed by atoms with Crippen molar-refractivity contribution < 1.29 is 24.2 Å². The van der Waals surface area contributed by atoms with E-state index in [9.17, 15) is 14.7 Å². The first kappa shape index (κ1) is 16.9. The lowest BCUT2D eigenvalue weighted by molar-refractivity contribution is -0.155. The van der Waals surface area contributed by atoms with Crippen molar-refractivity contribution in [3.8, 4) is 5.75 Å². The molecule has 3 rings (SSSR count). The fourth-order valence-electron chi connectivity index (χ4n) is 3.88. The Bertz CT molecular complexity index is 591. The number of rotatable bonds is 6. The molecular formula is C18H23NO5. The van der Waals surface area contributed by atoms with Gasteiger partial charge >= 0.3 is 5.97 Å². The molecule has 0 radical (unpaired) electrons. The van der Waals surface area contributed by atoms with Gasteiger partial charge in [-0.15, -0.1) is 0 Å². The molecule has 2 heterocycles. The van der Waals surface area contributed by atoms with Gasteiger partial charge in [-0.05, 0) is 50.4 Å². The molecule has 1 N–H and O–H groups in total. The van der Waals surface area contributed by atoms with Crippen molar-refractivity contribution in [2.45, 2.75) is 49.8 Å². The van der Waals surface area contributed by atoms with Crippen molar-refractivity contribution in [1.29, 1.82) is 0 Å². The SMILES string of the molecule is CN1[C@@H]2CC[C@H]1CC(OC(=O)C(CO)c1cccc(OC=O)c1)C2. The first-order valence-electron chi connectivity index (χ1n) is 8.36. The summed E-state index contributed by atoms with van der Waals surface area (Å²) in [6, 6.07) is 7.57. The van der Waals surface area contributed by atoms with E-state index in [1.165, 1.54) is 0 Å². The molecule has 6 nitrogen and oxygen atoms in total. The van der Waals surface area contributed by atoms with Gasteiger partial charge in [0.05, 0.1) is 6.61 Å².